The van der Waals surface area contributed by atoms with Crippen LogP contribution in [0.4, 0.5) is 5.69 Å². The Hall–Kier alpha value is -3.84. The molecule has 3 aromatic rings. The Morgan fingerprint density at radius 3 is 2.09 bits per heavy atom. The fourth-order valence-electron chi connectivity index (χ4n) is 3.79. The third-order valence-corrected chi connectivity index (χ3v) is 5.57. The monoisotopic (exact) mass is 445 g/mol. The zero-order valence-corrected chi connectivity index (χ0v) is 18.6. The Balaban J connectivity index is 1.40. The van der Waals surface area contributed by atoms with Crippen molar-refractivity contribution in [3.63, 3.8) is 0 Å². The lowest BCUT2D eigenvalue weighted by molar-refractivity contribution is 0.0784. The van der Waals surface area contributed by atoms with Gasteiger partial charge in [0.25, 0.3) is 5.91 Å². The first-order valence-electron chi connectivity index (χ1n) is 10.8. The Morgan fingerprint density at radius 1 is 0.909 bits per heavy atom. The molecule has 1 aliphatic heterocycles. The lowest BCUT2D eigenvalue weighted by Crippen LogP contribution is -2.37. The molecule has 2 amide bonds. The zero-order chi connectivity index (χ0) is 23.2. The molecule has 4 rings (SSSR count). The molecule has 0 bridgehead atoms. The summed E-state index contributed by atoms with van der Waals surface area (Å²) in [5, 5.41) is 0. The first-order valence-corrected chi connectivity index (χ1v) is 10.8. The molecule has 0 radical (unpaired) electrons. The molecule has 0 aromatic heterocycles. The average molecular weight is 446 g/mol. The van der Waals surface area contributed by atoms with E-state index in [1.807, 2.05) is 19.2 Å². The molecule has 0 saturated carbocycles. The van der Waals surface area contributed by atoms with Crippen LogP contribution in [0.5, 0.6) is 11.5 Å². The number of carbonyl (C=O) groups is 2. The maximum Gasteiger partial charge on any atom is 0.253 e. The fraction of sp³-hybridized carbons (Fsp3) is 0.231. The van der Waals surface area contributed by atoms with E-state index in [1.165, 1.54) is 0 Å². The van der Waals surface area contributed by atoms with Crippen molar-refractivity contribution in [2.45, 2.75) is 6.54 Å². The number of hydrogen-bond acceptors (Lipinski definition) is 5. The Morgan fingerprint density at radius 2 is 1.48 bits per heavy atom. The smallest absolute Gasteiger partial charge is 0.253 e. The first-order chi connectivity index (χ1) is 16.0. The number of morpholine rings is 1. The van der Waals surface area contributed by atoms with Crippen molar-refractivity contribution in [2.75, 3.05) is 38.3 Å². The highest BCUT2D eigenvalue weighted by Gasteiger charge is 2.18. The van der Waals surface area contributed by atoms with Crippen molar-refractivity contribution in [1.29, 1.82) is 0 Å². The van der Waals surface area contributed by atoms with Gasteiger partial charge < -0.3 is 25.0 Å². The molecule has 170 valence electrons. The number of para-hydroxylation sites is 1. The number of rotatable bonds is 7. The topological polar surface area (TPSA) is 85.1 Å². The number of anilines is 1. The van der Waals surface area contributed by atoms with Crippen LogP contribution in [-0.2, 0) is 11.3 Å². The van der Waals surface area contributed by atoms with Gasteiger partial charge in [0.05, 0.1) is 13.2 Å². The van der Waals surface area contributed by atoms with Gasteiger partial charge in [-0.3, -0.25) is 9.59 Å². The van der Waals surface area contributed by atoms with Crippen molar-refractivity contribution >= 4 is 17.5 Å². The summed E-state index contributed by atoms with van der Waals surface area (Å²) in [4.78, 5) is 28.2. The summed E-state index contributed by atoms with van der Waals surface area (Å²) in [6.45, 7) is 3.64. The van der Waals surface area contributed by atoms with Gasteiger partial charge in [0.1, 0.15) is 11.5 Å². The molecule has 7 heteroatoms. The molecule has 33 heavy (non-hydrogen) atoms. The van der Waals surface area contributed by atoms with Crippen LogP contribution in [0.3, 0.4) is 0 Å². The normalized spacial score (nSPS) is 13.4. The van der Waals surface area contributed by atoms with Gasteiger partial charge in [0.2, 0.25) is 5.91 Å². The summed E-state index contributed by atoms with van der Waals surface area (Å²) in [6.07, 6.45) is 0. The highest BCUT2D eigenvalue weighted by atomic mass is 16.5. The van der Waals surface area contributed by atoms with Crippen LogP contribution >= 0.6 is 0 Å². The number of carbonyl (C=O) groups excluding carboxylic acids is 2. The van der Waals surface area contributed by atoms with Gasteiger partial charge in [-0.25, -0.2) is 0 Å². The average Bonchev–Trinajstić information content (AvgIpc) is 2.85. The first kappa shape index (κ1) is 22.4. The minimum Gasteiger partial charge on any atom is -0.457 e. The Bertz CT molecular complexity index is 1110. The molecule has 2 N–H and O–H groups in total. The molecule has 0 spiro atoms. The molecule has 1 heterocycles. The Labute approximate surface area is 193 Å². The van der Waals surface area contributed by atoms with E-state index in [0.717, 1.165) is 24.3 Å². The molecule has 7 nitrogen and oxygen atoms in total. The highest BCUT2D eigenvalue weighted by molar-refractivity contribution is 5.94. The van der Waals surface area contributed by atoms with Crippen LogP contribution in [0.15, 0.2) is 72.8 Å². The second-order valence-corrected chi connectivity index (χ2v) is 7.90. The van der Waals surface area contributed by atoms with Crippen LogP contribution in [-0.4, -0.2) is 50.1 Å². The van der Waals surface area contributed by atoms with E-state index < -0.39 is 5.91 Å². The molecule has 3 aromatic carbocycles. The van der Waals surface area contributed by atoms with E-state index in [-0.39, 0.29) is 5.91 Å². The highest BCUT2D eigenvalue weighted by Crippen LogP contribution is 2.25. The van der Waals surface area contributed by atoms with Crippen LogP contribution in [0, 0.1) is 0 Å². The standard InChI is InChI=1S/C26H27N3O4/c1-28(18-21-4-2-3-5-24(21)29-14-16-32-17-15-29)26(31)20-8-12-23(13-9-20)33-22-10-6-19(7-11-22)25(27)30/h2-13H,14-18H2,1H3,(H2,27,30). The van der Waals surface area contributed by atoms with Crippen molar-refractivity contribution in [2.24, 2.45) is 5.73 Å². The zero-order valence-electron chi connectivity index (χ0n) is 18.6. The number of nitrogens with zero attached hydrogens (tertiary/aromatic N) is 2. The molecular weight excluding hydrogens is 418 g/mol. The molecule has 1 aliphatic rings. The maximum atomic E-state index is 13.0. The number of primary amides is 1. The minimum atomic E-state index is -0.485. The fourth-order valence-corrected chi connectivity index (χ4v) is 3.79. The predicted molar refractivity (Wildman–Crippen MR) is 127 cm³/mol. The van der Waals surface area contributed by atoms with Crippen molar-refractivity contribution in [1.82, 2.24) is 4.90 Å². The second kappa shape index (κ2) is 10.2. The van der Waals surface area contributed by atoms with Crippen LogP contribution in [0.2, 0.25) is 0 Å². The largest absolute Gasteiger partial charge is 0.457 e. The van der Waals surface area contributed by atoms with Gasteiger partial charge in [0, 0.05) is 43.5 Å². The predicted octanol–water partition coefficient (Wildman–Crippen LogP) is 3.69. The molecule has 0 unspecified atom stereocenters. The lowest BCUT2D eigenvalue weighted by Gasteiger charge is -2.31. The number of amides is 2. The summed E-state index contributed by atoms with van der Waals surface area (Å²) in [5.74, 6) is 0.625. The molecule has 0 atom stereocenters. The third kappa shape index (κ3) is 5.51. The summed E-state index contributed by atoms with van der Waals surface area (Å²) in [6, 6.07) is 21.8. The summed E-state index contributed by atoms with van der Waals surface area (Å²) < 4.78 is 11.3. The van der Waals surface area contributed by atoms with E-state index in [0.29, 0.717) is 42.4 Å². The van der Waals surface area contributed by atoms with E-state index in [4.69, 9.17) is 15.2 Å². The van der Waals surface area contributed by atoms with E-state index >= 15 is 0 Å². The second-order valence-electron chi connectivity index (χ2n) is 7.90. The van der Waals surface area contributed by atoms with Gasteiger partial charge >= 0.3 is 0 Å². The summed E-state index contributed by atoms with van der Waals surface area (Å²) in [7, 11) is 1.81. The quantitative estimate of drug-likeness (QED) is 0.600. The van der Waals surface area contributed by atoms with Gasteiger partial charge in [-0.2, -0.15) is 0 Å². The van der Waals surface area contributed by atoms with Crippen LogP contribution in [0.25, 0.3) is 0 Å². The third-order valence-electron chi connectivity index (χ3n) is 5.57. The van der Waals surface area contributed by atoms with Crippen LogP contribution in [0.1, 0.15) is 26.3 Å². The number of hydrogen-bond donors (Lipinski definition) is 1. The Kier molecular flexibility index (Phi) is 6.90. The SMILES string of the molecule is CN(Cc1ccccc1N1CCOCC1)C(=O)c1ccc(Oc2ccc(C(N)=O)cc2)cc1. The lowest BCUT2D eigenvalue weighted by atomic mass is 10.1. The van der Waals surface area contributed by atoms with E-state index in [2.05, 4.69) is 17.0 Å². The van der Waals surface area contributed by atoms with Gasteiger partial charge in [0.15, 0.2) is 0 Å². The maximum absolute atomic E-state index is 13.0. The molecular formula is C26H27N3O4. The van der Waals surface area contributed by atoms with E-state index in [9.17, 15) is 9.59 Å². The summed E-state index contributed by atoms with van der Waals surface area (Å²) >= 11 is 0. The van der Waals surface area contributed by atoms with Gasteiger partial charge in [-0.15, -0.1) is 0 Å². The van der Waals surface area contributed by atoms with Crippen LogP contribution < -0.4 is 15.4 Å². The minimum absolute atomic E-state index is 0.0656. The van der Waals surface area contributed by atoms with E-state index in [1.54, 1.807) is 53.4 Å². The number of ether oxygens (including phenoxy) is 2. The van der Waals surface area contributed by atoms with Crippen molar-refractivity contribution in [3.05, 3.63) is 89.5 Å². The van der Waals surface area contributed by atoms with Crippen molar-refractivity contribution in [3.8, 4) is 11.5 Å². The summed E-state index contributed by atoms with van der Waals surface area (Å²) in [5.41, 5.74) is 8.51. The molecule has 1 fully saturated rings. The number of nitrogens with two attached hydrogens (primary N) is 1. The van der Waals surface area contributed by atoms with Gasteiger partial charge in [-0.1, -0.05) is 18.2 Å². The molecule has 0 aliphatic carbocycles. The molecule has 1 saturated heterocycles. The van der Waals surface area contributed by atoms with Crippen molar-refractivity contribution < 1.29 is 19.1 Å². The van der Waals surface area contributed by atoms with Gasteiger partial charge in [-0.05, 0) is 60.2 Å². The number of benzene rings is 3.